The molecular formula is C12H15N3O. The van der Waals surface area contributed by atoms with E-state index in [1.54, 1.807) is 18.0 Å². The molecule has 4 heteroatoms. The third-order valence-corrected chi connectivity index (χ3v) is 2.59. The van der Waals surface area contributed by atoms with Crippen molar-refractivity contribution < 1.29 is 4.74 Å². The van der Waals surface area contributed by atoms with Crippen molar-refractivity contribution in [2.24, 2.45) is 7.05 Å². The van der Waals surface area contributed by atoms with Crippen LogP contribution in [0.5, 0.6) is 0 Å². The van der Waals surface area contributed by atoms with E-state index in [0.717, 1.165) is 16.7 Å². The monoisotopic (exact) mass is 217 g/mol. The van der Waals surface area contributed by atoms with Gasteiger partial charge in [0.25, 0.3) is 0 Å². The summed E-state index contributed by atoms with van der Waals surface area (Å²) in [7, 11) is 3.52. The number of nitrogens with two attached hydrogens (primary N) is 1. The molecule has 0 aliphatic heterocycles. The Morgan fingerprint density at radius 1 is 1.31 bits per heavy atom. The largest absolute Gasteiger partial charge is 0.383 e. The Bertz CT molecular complexity index is 491. The lowest BCUT2D eigenvalue weighted by Crippen LogP contribution is -1.99. The van der Waals surface area contributed by atoms with Gasteiger partial charge in [-0.05, 0) is 11.1 Å². The predicted molar refractivity (Wildman–Crippen MR) is 63.8 cm³/mol. The second kappa shape index (κ2) is 4.37. The lowest BCUT2D eigenvalue weighted by Gasteiger charge is -2.07. The first-order valence-corrected chi connectivity index (χ1v) is 5.08. The maximum atomic E-state index is 5.96. The lowest BCUT2D eigenvalue weighted by molar-refractivity contribution is 0.185. The van der Waals surface area contributed by atoms with Crippen LogP contribution in [-0.2, 0) is 18.4 Å². The van der Waals surface area contributed by atoms with E-state index in [9.17, 15) is 0 Å². The summed E-state index contributed by atoms with van der Waals surface area (Å²) in [5.41, 5.74) is 9.11. The van der Waals surface area contributed by atoms with Crippen LogP contribution in [0.2, 0.25) is 0 Å². The molecule has 0 spiro atoms. The third kappa shape index (κ3) is 1.79. The molecule has 2 rings (SSSR count). The smallest absolute Gasteiger partial charge is 0.129 e. The Morgan fingerprint density at radius 2 is 2.06 bits per heavy atom. The van der Waals surface area contributed by atoms with Crippen LogP contribution in [0.1, 0.15) is 5.56 Å². The number of nitrogen functional groups attached to an aromatic ring is 1. The van der Waals surface area contributed by atoms with Gasteiger partial charge >= 0.3 is 0 Å². The minimum atomic E-state index is 0.574. The van der Waals surface area contributed by atoms with Gasteiger partial charge in [-0.2, -0.15) is 5.10 Å². The van der Waals surface area contributed by atoms with E-state index >= 15 is 0 Å². The number of rotatable bonds is 3. The van der Waals surface area contributed by atoms with Gasteiger partial charge in [0.1, 0.15) is 5.82 Å². The van der Waals surface area contributed by atoms with E-state index in [4.69, 9.17) is 10.5 Å². The number of benzene rings is 1. The topological polar surface area (TPSA) is 53.1 Å². The summed E-state index contributed by atoms with van der Waals surface area (Å²) in [6.07, 6.45) is 1.78. The number of aromatic nitrogens is 2. The lowest BCUT2D eigenvalue weighted by atomic mass is 10.0. The maximum absolute atomic E-state index is 5.96. The fraction of sp³-hybridized carbons (Fsp3) is 0.250. The summed E-state index contributed by atoms with van der Waals surface area (Å²) in [4.78, 5) is 0. The SMILES string of the molecule is COCc1ccccc1-c1cnn(C)c1N. The Kier molecular flexibility index (Phi) is 2.92. The molecule has 0 amide bonds. The van der Waals surface area contributed by atoms with Crippen LogP contribution in [0.25, 0.3) is 11.1 Å². The predicted octanol–water partition coefficient (Wildman–Crippen LogP) is 1.82. The van der Waals surface area contributed by atoms with Gasteiger partial charge < -0.3 is 10.5 Å². The minimum absolute atomic E-state index is 0.574. The van der Waals surface area contributed by atoms with Crippen LogP contribution in [0.4, 0.5) is 5.82 Å². The summed E-state index contributed by atoms with van der Waals surface area (Å²) in [6, 6.07) is 8.04. The number of ether oxygens (including phenoxy) is 1. The highest BCUT2D eigenvalue weighted by atomic mass is 16.5. The fourth-order valence-corrected chi connectivity index (χ4v) is 1.72. The zero-order valence-corrected chi connectivity index (χ0v) is 9.47. The van der Waals surface area contributed by atoms with Crippen molar-refractivity contribution in [3.8, 4) is 11.1 Å². The highest BCUT2D eigenvalue weighted by molar-refractivity contribution is 5.75. The van der Waals surface area contributed by atoms with Gasteiger partial charge in [-0.1, -0.05) is 24.3 Å². The molecule has 84 valence electrons. The van der Waals surface area contributed by atoms with Crippen LogP contribution >= 0.6 is 0 Å². The molecular weight excluding hydrogens is 202 g/mol. The van der Waals surface area contributed by atoms with Gasteiger partial charge in [-0.3, -0.25) is 4.68 Å². The molecule has 2 N–H and O–H groups in total. The molecule has 0 saturated heterocycles. The van der Waals surface area contributed by atoms with Crippen LogP contribution in [0, 0.1) is 0 Å². The Labute approximate surface area is 94.6 Å². The summed E-state index contributed by atoms with van der Waals surface area (Å²) in [5, 5.41) is 4.14. The van der Waals surface area contributed by atoms with Crippen LogP contribution in [0.3, 0.4) is 0 Å². The highest BCUT2D eigenvalue weighted by Crippen LogP contribution is 2.28. The van der Waals surface area contributed by atoms with E-state index in [-0.39, 0.29) is 0 Å². The van der Waals surface area contributed by atoms with Gasteiger partial charge in [0.2, 0.25) is 0 Å². The summed E-state index contributed by atoms with van der Waals surface area (Å²) in [5.74, 6) is 0.670. The zero-order chi connectivity index (χ0) is 11.5. The van der Waals surface area contributed by atoms with Crippen molar-refractivity contribution in [3.63, 3.8) is 0 Å². The average Bonchev–Trinajstić information content (AvgIpc) is 2.61. The van der Waals surface area contributed by atoms with Crippen LogP contribution in [-0.4, -0.2) is 16.9 Å². The minimum Gasteiger partial charge on any atom is -0.383 e. The number of methoxy groups -OCH3 is 1. The number of hydrogen-bond donors (Lipinski definition) is 1. The second-order valence-corrected chi connectivity index (χ2v) is 3.66. The molecule has 0 aliphatic rings. The molecule has 0 fully saturated rings. The first-order valence-electron chi connectivity index (χ1n) is 5.08. The van der Waals surface area contributed by atoms with Crippen molar-refractivity contribution in [1.29, 1.82) is 0 Å². The third-order valence-electron chi connectivity index (χ3n) is 2.59. The van der Waals surface area contributed by atoms with E-state index in [1.165, 1.54) is 0 Å². The van der Waals surface area contributed by atoms with E-state index < -0.39 is 0 Å². The van der Waals surface area contributed by atoms with Crippen molar-refractivity contribution >= 4 is 5.82 Å². The van der Waals surface area contributed by atoms with Gasteiger partial charge in [0, 0.05) is 19.7 Å². The fourth-order valence-electron chi connectivity index (χ4n) is 1.72. The molecule has 16 heavy (non-hydrogen) atoms. The molecule has 0 aliphatic carbocycles. The Balaban J connectivity index is 2.51. The molecule has 0 radical (unpaired) electrons. The van der Waals surface area contributed by atoms with Crippen LogP contribution in [0.15, 0.2) is 30.5 Å². The van der Waals surface area contributed by atoms with Gasteiger partial charge in [0.05, 0.1) is 12.8 Å². The molecule has 1 heterocycles. The van der Waals surface area contributed by atoms with Crippen LogP contribution < -0.4 is 5.73 Å². The Hall–Kier alpha value is -1.81. The number of anilines is 1. The van der Waals surface area contributed by atoms with Crippen molar-refractivity contribution in [1.82, 2.24) is 9.78 Å². The number of hydrogen-bond acceptors (Lipinski definition) is 3. The zero-order valence-electron chi connectivity index (χ0n) is 9.47. The first-order chi connectivity index (χ1) is 7.74. The van der Waals surface area contributed by atoms with Gasteiger partial charge in [-0.15, -0.1) is 0 Å². The van der Waals surface area contributed by atoms with Gasteiger partial charge in [-0.25, -0.2) is 0 Å². The van der Waals surface area contributed by atoms with E-state index in [0.29, 0.717) is 12.4 Å². The van der Waals surface area contributed by atoms with E-state index in [2.05, 4.69) is 5.10 Å². The quantitative estimate of drug-likeness (QED) is 0.853. The highest BCUT2D eigenvalue weighted by Gasteiger charge is 2.10. The van der Waals surface area contributed by atoms with E-state index in [1.807, 2.05) is 31.3 Å². The molecule has 0 saturated carbocycles. The molecule has 0 bridgehead atoms. The average molecular weight is 217 g/mol. The molecule has 1 aromatic carbocycles. The second-order valence-electron chi connectivity index (χ2n) is 3.66. The number of nitrogens with zero attached hydrogens (tertiary/aromatic N) is 2. The van der Waals surface area contributed by atoms with Crippen molar-refractivity contribution in [2.75, 3.05) is 12.8 Å². The summed E-state index contributed by atoms with van der Waals surface area (Å²) < 4.78 is 6.83. The maximum Gasteiger partial charge on any atom is 0.129 e. The molecule has 4 nitrogen and oxygen atoms in total. The standard InChI is InChI=1S/C12H15N3O/c1-15-12(13)11(7-14-15)10-6-4-3-5-9(10)8-16-2/h3-7H,8,13H2,1-2H3. The summed E-state index contributed by atoms with van der Waals surface area (Å²) >= 11 is 0. The van der Waals surface area contributed by atoms with Crippen molar-refractivity contribution in [3.05, 3.63) is 36.0 Å². The normalized spacial score (nSPS) is 10.6. The van der Waals surface area contributed by atoms with Gasteiger partial charge in [0.15, 0.2) is 0 Å². The van der Waals surface area contributed by atoms with Crippen molar-refractivity contribution in [2.45, 2.75) is 6.61 Å². The molecule has 2 aromatic rings. The molecule has 0 unspecified atom stereocenters. The first kappa shape index (κ1) is 10.7. The summed E-state index contributed by atoms with van der Waals surface area (Å²) in [6.45, 7) is 0.574. The molecule has 0 atom stereocenters. The number of aryl methyl sites for hydroxylation is 1. The Morgan fingerprint density at radius 3 is 2.69 bits per heavy atom. The molecule has 1 aromatic heterocycles.